The molecule has 0 saturated carbocycles. The highest BCUT2D eigenvalue weighted by Crippen LogP contribution is 2.17. The van der Waals surface area contributed by atoms with Crippen LogP contribution in [0.2, 0.25) is 5.02 Å². The van der Waals surface area contributed by atoms with Crippen LogP contribution in [0, 0.1) is 0 Å². The van der Waals surface area contributed by atoms with Crippen molar-refractivity contribution in [1.82, 2.24) is 19.2 Å². The number of piperazine rings is 1. The van der Waals surface area contributed by atoms with E-state index in [1.807, 2.05) is 52.0 Å². The normalized spacial score (nSPS) is 15.5. The van der Waals surface area contributed by atoms with Crippen molar-refractivity contribution in [2.45, 2.75) is 6.42 Å². The predicted octanol–water partition coefficient (Wildman–Crippen LogP) is 2.99. The van der Waals surface area contributed by atoms with Gasteiger partial charge in [-0.25, -0.2) is 4.98 Å². The van der Waals surface area contributed by atoms with Gasteiger partial charge in [-0.1, -0.05) is 29.8 Å². The summed E-state index contributed by atoms with van der Waals surface area (Å²) in [5, 5.41) is 0.828. The van der Waals surface area contributed by atoms with Crippen molar-refractivity contribution in [2.24, 2.45) is 0 Å². The molecule has 0 spiro atoms. The summed E-state index contributed by atoms with van der Waals surface area (Å²) in [6.07, 6.45) is 6.42. The van der Waals surface area contributed by atoms with E-state index < -0.39 is 0 Å². The summed E-state index contributed by atoms with van der Waals surface area (Å²) in [6, 6.07) is 11.7. The molecular weight excluding hydrogens is 348 g/mol. The van der Waals surface area contributed by atoms with Gasteiger partial charge in [0.1, 0.15) is 5.65 Å². The molecule has 3 heterocycles. The molecular formula is C20H21ClN4O. The standard InChI is InChI=1S/C20H21ClN4O/c21-18-6-2-1-4-16(18)7-10-23-12-14-25(15-13-23)20(26)17-5-3-9-24-11-8-22-19(17)24/h1-6,8-9,11H,7,10,12-15H2. The molecule has 2 aromatic heterocycles. The molecule has 5 nitrogen and oxygen atoms in total. The molecule has 0 radical (unpaired) electrons. The van der Waals surface area contributed by atoms with Gasteiger partial charge in [-0.2, -0.15) is 0 Å². The molecule has 1 aliphatic rings. The first kappa shape index (κ1) is 17.1. The number of imidazole rings is 1. The first-order valence-electron chi connectivity index (χ1n) is 8.89. The highest BCUT2D eigenvalue weighted by atomic mass is 35.5. The van der Waals surface area contributed by atoms with E-state index >= 15 is 0 Å². The number of rotatable bonds is 4. The monoisotopic (exact) mass is 368 g/mol. The minimum absolute atomic E-state index is 0.0625. The molecule has 1 saturated heterocycles. The van der Waals surface area contributed by atoms with E-state index in [-0.39, 0.29) is 5.91 Å². The SMILES string of the molecule is O=C(c1cccn2ccnc12)N1CCN(CCc2ccccc2Cl)CC1. The summed E-state index contributed by atoms with van der Waals surface area (Å²) in [5.74, 6) is 0.0625. The van der Waals surface area contributed by atoms with Crippen molar-refractivity contribution in [3.8, 4) is 0 Å². The second kappa shape index (κ2) is 7.48. The average Bonchev–Trinajstić information content (AvgIpc) is 3.16. The summed E-state index contributed by atoms with van der Waals surface area (Å²) in [4.78, 5) is 21.5. The van der Waals surface area contributed by atoms with Crippen molar-refractivity contribution in [3.63, 3.8) is 0 Å². The van der Waals surface area contributed by atoms with Gasteiger partial charge in [-0.15, -0.1) is 0 Å². The van der Waals surface area contributed by atoms with Crippen LogP contribution in [0.25, 0.3) is 5.65 Å². The molecule has 1 aromatic carbocycles. The molecule has 0 unspecified atom stereocenters. The quantitative estimate of drug-likeness (QED) is 0.710. The van der Waals surface area contributed by atoms with Crippen molar-refractivity contribution >= 4 is 23.2 Å². The summed E-state index contributed by atoms with van der Waals surface area (Å²) in [5.41, 5.74) is 2.57. The number of amides is 1. The Bertz CT molecular complexity index is 915. The molecule has 1 fully saturated rings. The maximum Gasteiger partial charge on any atom is 0.257 e. The van der Waals surface area contributed by atoms with Gasteiger partial charge in [0.15, 0.2) is 0 Å². The van der Waals surface area contributed by atoms with Gasteiger partial charge >= 0.3 is 0 Å². The van der Waals surface area contributed by atoms with Crippen LogP contribution in [-0.4, -0.2) is 57.8 Å². The number of benzene rings is 1. The lowest BCUT2D eigenvalue weighted by atomic mass is 10.1. The molecule has 26 heavy (non-hydrogen) atoms. The second-order valence-electron chi connectivity index (χ2n) is 6.56. The smallest absolute Gasteiger partial charge is 0.257 e. The zero-order valence-corrected chi connectivity index (χ0v) is 15.3. The van der Waals surface area contributed by atoms with Crippen molar-refractivity contribution in [1.29, 1.82) is 0 Å². The fourth-order valence-electron chi connectivity index (χ4n) is 3.44. The second-order valence-corrected chi connectivity index (χ2v) is 6.96. The van der Waals surface area contributed by atoms with Gasteiger partial charge in [0.05, 0.1) is 5.56 Å². The molecule has 134 valence electrons. The topological polar surface area (TPSA) is 40.9 Å². The molecule has 4 rings (SSSR count). The Kier molecular flexibility index (Phi) is 4.91. The van der Waals surface area contributed by atoms with Gasteiger partial charge in [0, 0.05) is 56.3 Å². The highest BCUT2D eigenvalue weighted by Gasteiger charge is 2.23. The Balaban J connectivity index is 1.35. The summed E-state index contributed by atoms with van der Waals surface area (Å²) in [7, 11) is 0. The Labute approximate surface area is 157 Å². The van der Waals surface area contributed by atoms with Gasteiger partial charge < -0.3 is 9.30 Å². The summed E-state index contributed by atoms with van der Waals surface area (Å²) >= 11 is 6.23. The van der Waals surface area contributed by atoms with E-state index in [2.05, 4.69) is 16.0 Å². The minimum Gasteiger partial charge on any atom is -0.336 e. The van der Waals surface area contributed by atoms with Gasteiger partial charge in [-0.3, -0.25) is 9.69 Å². The number of aromatic nitrogens is 2. The molecule has 1 amide bonds. The minimum atomic E-state index is 0.0625. The first-order valence-corrected chi connectivity index (χ1v) is 9.27. The largest absolute Gasteiger partial charge is 0.336 e. The predicted molar refractivity (Wildman–Crippen MR) is 103 cm³/mol. The van der Waals surface area contributed by atoms with E-state index in [1.165, 1.54) is 5.56 Å². The number of carbonyl (C=O) groups excluding carboxylic acids is 1. The zero-order chi connectivity index (χ0) is 17.9. The van der Waals surface area contributed by atoms with Gasteiger partial charge in [0.2, 0.25) is 0 Å². The average molecular weight is 369 g/mol. The van der Waals surface area contributed by atoms with E-state index in [0.717, 1.165) is 49.8 Å². The molecule has 0 bridgehead atoms. The Morgan fingerprint density at radius 3 is 2.65 bits per heavy atom. The third-order valence-electron chi connectivity index (χ3n) is 4.96. The van der Waals surface area contributed by atoms with Crippen LogP contribution in [0.1, 0.15) is 15.9 Å². The van der Waals surface area contributed by atoms with Crippen LogP contribution in [0.5, 0.6) is 0 Å². The number of carbonyl (C=O) groups is 1. The third-order valence-corrected chi connectivity index (χ3v) is 5.33. The van der Waals surface area contributed by atoms with Gasteiger partial charge in [0.25, 0.3) is 5.91 Å². The van der Waals surface area contributed by atoms with Crippen molar-refractivity contribution in [3.05, 3.63) is 71.1 Å². The number of halogens is 1. The first-order chi connectivity index (χ1) is 12.7. The lowest BCUT2D eigenvalue weighted by Gasteiger charge is -2.34. The van der Waals surface area contributed by atoms with Crippen LogP contribution in [0.4, 0.5) is 0 Å². The van der Waals surface area contributed by atoms with E-state index in [9.17, 15) is 4.79 Å². The van der Waals surface area contributed by atoms with Crippen LogP contribution >= 0.6 is 11.6 Å². The number of pyridine rings is 1. The van der Waals surface area contributed by atoms with Crippen LogP contribution < -0.4 is 0 Å². The molecule has 6 heteroatoms. The summed E-state index contributed by atoms with van der Waals surface area (Å²) in [6.45, 7) is 4.20. The maximum absolute atomic E-state index is 12.9. The maximum atomic E-state index is 12.9. The number of fused-ring (bicyclic) bond motifs is 1. The highest BCUT2D eigenvalue weighted by molar-refractivity contribution is 6.31. The number of nitrogens with zero attached hydrogens (tertiary/aromatic N) is 4. The Morgan fingerprint density at radius 2 is 1.85 bits per heavy atom. The van der Waals surface area contributed by atoms with E-state index in [0.29, 0.717) is 5.56 Å². The Hall–Kier alpha value is -2.37. The van der Waals surface area contributed by atoms with Crippen molar-refractivity contribution in [2.75, 3.05) is 32.7 Å². The molecule has 0 N–H and O–H groups in total. The lowest BCUT2D eigenvalue weighted by Crippen LogP contribution is -2.49. The van der Waals surface area contributed by atoms with Crippen LogP contribution in [-0.2, 0) is 6.42 Å². The molecule has 3 aromatic rings. The fraction of sp³-hybridized carbons (Fsp3) is 0.300. The number of hydrogen-bond donors (Lipinski definition) is 0. The lowest BCUT2D eigenvalue weighted by molar-refractivity contribution is 0.0640. The van der Waals surface area contributed by atoms with Crippen LogP contribution in [0.15, 0.2) is 55.0 Å². The van der Waals surface area contributed by atoms with E-state index in [4.69, 9.17) is 11.6 Å². The Morgan fingerprint density at radius 1 is 1.04 bits per heavy atom. The molecule has 1 aliphatic heterocycles. The van der Waals surface area contributed by atoms with Gasteiger partial charge in [-0.05, 0) is 30.2 Å². The molecule has 0 aliphatic carbocycles. The van der Waals surface area contributed by atoms with Crippen LogP contribution in [0.3, 0.4) is 0 Å². The van der Waals surface area contributed by atoms with Crippen molar-refractivity contribution < 1.29 is 4.79 Å². The molecule has 0 atom stereocenters. The van der Waals surface area contributed by atoms with E-state index in [1.54, 1.807) is 6.20 Å². The number of hydrogen-bond acceptors (Lipinski definition) is 3. The summed E-state index contributed by atoms with van der Waals surface area (Å²) < 4.78 is 1.88. The fourth-order valence-corrected chi connectivity index (χ4v) is 3.67. The zero-order valence-electron chi connectivity index (χ0n) is 14.5. The third kappa shape index (κ3) is 3.45.